The van der Waals surface area contributed by atoms with Gasteiger partial charge < -0.3 is 15.4 Å². The number of carbonyl (C=O) groups excluding carboxylic acids is 1. The van der Waals surface area contributed by atoms with Crippen molar-refractivity contribution in [3.8, 4) is 0 Å². The van der Waals surface area contributed by atoms with E-state index >= 15 is 0 Å². The summed E-state index contributed by atoms with van der Waals surface area (Å²) in [5, 5.41) is 11.2. The number of carbonyl (C=O) groups is 1. The number of hydrogen-bond donors (Lipinski definition) is 2. The Labute approximate surface area is 134 Å². The van der Waals surface area contributed by atoms with Gasteiger partial charge in [-0.05, 0) is 0 Å². The first-order chi connectivity index (χ1) is 10.6. The maximum atomic E-state index is 12.0. The van der Waals surface area contributed by atoms with Gasteiger partial charge in [-0.3, -0.25) is 0 Å². The summed E-state index contributed by atoms with van der Waals surface area (Å²) in [5.41, 5.74) is 0. The van der Waals surface area contributed by atoms with Gasteiger partial charge in [0.25, 0.3) is 0 Å². The molecular weight excluding hydrogens is 374 g/mol. The molecule has 0 saturated carbocycles. The maximum absolute atomic E-state index is 12.0. The van der Waals surface area contributed by atoms with E-state index in [1.165, 1.54) is 0 Å². The minimum atomic E-state index is -4.60. The fraction of sp³-hybridized carbons (Fsp3) is 0.667. The fourth-order valence-corrected chi connectivity index (χ4v) is 2.68. The van der Waals surface area contributed by atoms with Crippen LogP contribution in [0.5, 0.6) is 0 Å². The zero-order chi connectivity index (χ0) is 17.5. The molecule has 1 heterocycles. The van der Waals surface area contributed by atoms with E-state index in [2.05, 4.69) is 25.6 Å². The SMILES string of the molecule is O=C(NCCSc1nnc(NCC(F)(F)F)s1)OCC(F)(F)F. The van der Waals surface area contributed by atoms with E-state index < -0.39 is 31.6 Å². The van der Waals surface area contributed by atoms with Crippen LogP contribution in [0, 0.1) is 0 Å². The molecule has 1 rings (SSSR count). The smallest absolute Gasteiger partial charge is 0.422 e. The molecule has 2 N–H and O–H groups in total. The van der Waals surface area contributed by atoms with Gasteiger partial charge in [0.1, 0.15) is 6.54 Å². The quantitative estimate of drug-likeness (QED) is 0.428. The van der Waals surface area contributed by atoms with E-state index in [0.29, 0.717) is 4.34 Å². The van der Waals surface area contributed by atoms with Crippen LogP contribution in [0.1, 0.15) is 0 Å². The summed E-state index contributed by atoms with van der Waals surface area (Å²) in [4.78, 5) is 10.9. The number of alkyl halides is 6. The van der Waals surface area contributed by atoms with E-state index in [0.717, 1.165) is 23.1 Å². The Morgan fingerprint density at radius 2 is 1.87 bits per heavy atom. The van der Waals surface area contributed by atoms with Crippen LogP contribution >= 0.6 is 23.1 Å². The largest absolute Gasteiger partial charge is 0.440 e. The molecule has 0 radical (unpaired) electrons. The van der Waals surface area contributed by atoms with Crippen molar-refractivity contribution < 1.29 is 35.9 Å². The highest BCUT2D eigenvalue weighted by Gasteiger charge is 2.29. The first kappa shape index (κ1) is 19.6. The lowest BCUT2D eigenvalue weighted by Gasteiger charge is -2.08. The number of amides is 1. The van der Waals surface area contributed by atoms with Crippen molar-refractivity contribution in [1.29, 1.82) is 0 Å². The number of thioether (sulfide) groups is 1. The topological polar surface area (TPSA) is 76.1 Å². The Kier molecular flexibility index (Phi) is 7.18. The molecule has 1 amide bonds. The zero-order valence-electron chi connectivity index (χ0n) is 11.1. The van der Waals surface area contributed by atoms with Crippen LogP contribution in [-0.4, -0.2) is 54.1 Å². The summed E-state index contributed by atoms with van der Waals surface area (Å²) >= 11 is 1.95. The van der Waals surface area contributed by atoms with Crippen molar-refractivity contribution in [3.05, 3.63) is 0 Å². The molecule has 0 fully saturated rings. The summed E-state index contributed by atoms with van der Waals surface area (Å²) in [6.07, 6.45) is -10.2. The van der Waals surface area contributed by atoms with Crippen LogP contribution in [0.15, 0.2) is 4.34 Å². The minimum absolute atomic E-state index is 0.00769. The number of anilines is 1. The summed E-state index contributed by atoms with van der Waals surface area (Å²) in [7, 11) is 0. The van der Waals surface area contributed by atoms with Gasteiger partial charge in [-0.1, -0.05) is 23.1 Å². The van der Waals surface area contributed by atoms with E-state index in [1.54, 1.807) is 0 Å². The number of aromatic nitrogens is 2. The van der Waals surface area contributed by atoms with Crippen LogP contribution in [-0.2, 0) is 4.74 Å². The van der Waals surface area contributed by atoms with E-state index in [-0.39, 0.29) is 17.4 Å². The van der Waals surface area contributed by atoms with Gasteiger partial charge in [0.2, 0.25) is 5.13 Å². The highest BCUT2D eigenvalue weighted by molar-refractivity contribution is 8.01. The second-order valence-corrected chi connectivity index (χ2v) is 6.13. The average Bonchev–Trinajstić information content (AvgIpc) is 2.85. The number of ether oxygens (including phenoxy) is 1. The van der Waals surface area contributed by atoms with Gasteiger partial charge >= 0.3 is 18.4 Å². The number of rotatable bonds is 7. The molecular formula is C9H10F6N4O2S2. The third-order valence-electron chi connectivity index (χ3n) is 1.81. The predicted molar refractivity (Wildman–Crippen MR) is 70.6 cm³/mol. The molecule has 132 valence electrons. The van der Waals surface area contributed by atoms with Gasteiger partial charge in [-0.15, -0.1) is 10.2 Å². The Morgan fingerprint density at radius 3 is 2.48 bits per heavy atom. The lowest BCUT2D eigenvalue weighted by molar-refractivity contribution is -0.160. The van der Waals surface area contributed by atoms with Gasteiger partial charge in [0, 0.05) is 12.3 Å². The minimum Gasteiger partial charge on any atom is -0.440 e. The van der Waals surface area contributed by atoms with Crippen molar-refractivity contribution in [3.63, 3.8) is 0 Å². The van der Waals surface area contributed by atoms with Crippen LogP contribution in [0.25, 0.3) is 0 Å². The molecule has 0 aliphatic rings. The molecule has 0 aliphatic heterocycles. The Morgan fingerprint density at radius 1 is 1.17 bits per heavy atom. The van der Waals surface area contributed by atoms with Gasteiger partial charge in [0.15, 0.2) is 10.9 Å². The second kappa shape index (κ2) is 8.42. The Hall–Kier alpha value is -1.44. The molecule has 0 unspecified atom stereocenters. The molecule has 0 spiro atoms. The van der Waals surface area contributed by atoms with Crippen molar-refractivity contribution in [2.75, 3.05) is 30.8 Å². The van der Waals surface area contributed by atoms with Crippen LogP contribution < -0.4 is 10.6 Å². The standard InChI is InChI=1S/C9H10F6N4O2S2/c10-8(11,12)3-17-5-18-19-7(23-5)22-2-1-16-6(20)21-4-9(13,14)15/h1-4H2,(H,16,20)(H,17,18). The third kappa shape index (κ3) is 10.0. The van der Waals surface area contributed by atoms with Gasteiger partial charge in [-0.25, -0.2) is 4.79 Å². The van der Waals surface area contributed by atoms with Gasteiger partial charge in [-0.2, -0.15) is 26.3 Å². The molecule has 1 aromatic heterocycles. The highest BCUT2D eigenvalue weighted by Crippen LogP contribution is 2.26. The van der Waals surface area contributed by atoms with Crippen LogP contribution in [0.4, 0.5) is 36.3 Å². The van der Waals surface area contributed by atoms with Crippen LogP contribution in [0.3, 0.4) is 0 Å². The molecule has 0 atom stereocenters. The van der Waals surface area contributed by atoms with Crippen molar-refractivity contribution in [2.45, 2.75) is 16.7 Å². The number of alkyl carbamates (subject to hydrolysis) is 1. The second-order valence-electron chi connectivity index (χ2n) is 3.81. The van der Waals surface area contributed by atoms with Crippen molar-refractivity contribution >= 4 is 34.3 Å². The summed E-state index contributed by atoms with van der Waals surface area (Å²) in [6.45, 7) is -2.93. The van der Waals surface area contributed by atoms with Gasteiger partial charge in [0.05, 0.1) is 0 Å². The highest BCUT2D eigenvalue weighted by atomic mass is 32.2. The molecule has 1 aromatic rings. The monoisotopic (exact) mass is 384 g/mol. The lowest BCUT2D eigenvalue weighted by atomic mass is 10.6. The molecule has 0 bridgehead atoms. The Balaban J connectivity index is 2.19. The Bertz CT molecular complexity index is 507. The normalized spacial score (nSPS) is 12.1. The number of nitrogens with zero attached hydrogens (tertiary/aromatic N) is 2. The lowest BCUT2D eigenvalue weighted by Crippen LogP contribution is -2.30. The van der Waals surface area contributed by atoms with E-state index in [1.807, 2.05) is 0 Å². The first-order valence-corrected chi connectivity index (χ1v) is 7.60. The number of nitrogens with one attached hydrogen (secondary N) is 2. The summed E-state index contributed by atoms with van der Waals surface area (Å²) < 4.78 is 75.5. The molecule has 0 aliphatic carbocycles. The predicted octanol–water partition coefficient (Wildman–Crippen LogP) is 2.89. The van der Waals surface area contributed by atoms with Crippen molar-refractivity contribution in [1.82, 2.24) is 15.5 Å². The number of halogens is 6. The first-order valence-electron chi connectivity index (χ1n) is 5.79. The number of hydrogen-bond acceptors (Lipinski definition) is 7. The molecule has 14 heteroatoms. The summed E-state index contributed by atoms with van der Waals surface area (Å²) in [6, 6.07) is 0. The molecule has 0 saturated heterocycles. The molecule has 23 heavy (non-hydrogen) atoms. The van der Waals surface area contributed by atoms with Crippen molar-refractivity contribution in [2.24, 2.45) is 0 Å². The molecule has 0 aromatic carbocycles. The van der Waals surface area contributed by atoms with E-state index in [9.17, 15) is 31.1 Å². The van der Waals surface area contributed by atoms with E-state index in [4.69, 9.17) is 0 Å². The summed E-state index contributed by atoms with van der Waals surface area (Å²) in [5.74, 6) is 0.231. The fourth-order valence-electron chi connectivity index (χ4n) is 1.01. The molecule has 6 nitrogen and oxygen atoms in total. The maximum Gasteiger partial charge on any atom is 0.422 e. The zero-order valence-corrected chi connectivity index (χ0v) is 12.8. The van der Waals surface area contributed by atoms with Crippen LogP contribution in [0.2, 0.25) is 0 Å². The average molecular weight is 384 g/mol. The third-order valence-corrected chi connectivity index (χ3v) is 3.83.